The molecule has 1 atom stereocenters. The summed E-state index contributed by atoms with van der Waals surface area (Å²) in [5.41, 5.74) is 3.36. The summed E-state index contributed by atoms with van der Waals surface area (Å²) in [4.78, 5) is 16.1. The molecule has 0 radical (unpaired) electrons. The highest BCUT2D eigenvalue weighted by molar-refractivity contribution is 5.42. The number of rotatable bonds is 4. The summed E-state index contributed by atoms with van der Waals surface area (Å²) in [6, 6.07) is 6.17. The lowest BCUT2D eigenvalue weighted by molar-refractivity contribution is 0.326. The van der Waals surface area contributed by atoms with E-state index in [0.29, 0.717) is 5.92 Å². The number of aromatic nitrogens is 3. The number of anilines is 1. The van der Waals surface area contributed by atoms with E-state index in [1.807, 2.05) is 39.2 Å². The van der Waals surface area contributed by atoms with Crippen molar-refractivity contribution in [2.75, 3.05) is 25.5 Å². The van der Waals surface area contributed by atoms with Gasteiger partial charge in [0, 0.05) is 49.2 Å². The van der Waals surface area contributed by atoms with Gasteiger partial charge >= 0.3 is 0 Å². The second kappa shape index (κ2) is 6.40. The lowest BCUT2D eigenvalue weighted by atomic mass is 10.1. The van der Waals surface area contributed by atoms with Gasteiger partial charge in [-0.2, -0.15) is 0 Å². The molecular formula is C17H23N5. The quantitative estimate of drug-likeness (QED) is 0.940. The first-order valence-corrected chi connectivity index (χ1v) is 7.82. The lowest BCUT2D eigenvalue weighted by Crippen LogP contribution is -2.21. The zero-order valence-corrected chi connectivity index (χ0v) is 13.5. The van der Waals surface area contributed by atoms with E-state index in [0.717, 1.165) is 49.1 Å². The van der Waals surface area contributed by atoms with Crippen molar-refractivity contribution < 1.29 is 0 Å². The van der Waals surface area contributed by atoms with Crippen molar-refractivity contribution in [3.63, 3.8) is 0 Å². The number of likely N-dealkylation sites (tertiary alicyclic amines) is 1. The monoisotopic (exact) mass is 297 g/mol. The van der Waals surface area contributed by atoms with E-state index in [1.165, 1.54) is 5.56 Å². The first kappa shape index (κ1) is 14.9. The van der Waals surface area contributed by atoms with Gasteiger partial charge in [-0.25, -0.2) is 15.0 Å². The van der Waals surface area contributed by atoms with Crippen LogP contribution >= 0.6 is 0 Å². The molecule has 0 amide bonds. The fourth-order valence-corrected chi connectivity index (χ4v) is 3.16. The standard InChI is InChI=1S/C17H23N5/c1-12-9-13(2)21-17(20-12)15-6-8-22(11-15)10-14-5-4-7-19-16(14)18-3/h4-5,7,9,15H,6,8,10-11H2,1-3H3,(H,18,19)/t15-/m1/s1. The van der Waals surface area contributed by atoms with Gasteiger partial charge in [0.15, 0.2) is 0 Å². The van der Waals surface area contributed by atoms with E-state index < -0.39 is 0 Å². The van der Waals surface area contributed by atoms with Crippen LogP contribution < -0.4 is 5.32 Å². The van der Waals surface area contributed by atoms with Gasteiger partial charge in [-0.05, 0) is 38.9 Å². The van der Waals surface area contributed by atoms with Crippen molar-refractivity contribution in [2.24, 2.45) is 0 Å². The van der Waals surface area contributed by atoms with E-state index in [1.54, 1.807) is 0 Å². The Kier molecular flexibility index (Phi) is 4.34. The molecule has 1 fully saturated rings. The van der Waals surface area contributed by atoms with Crippen LogP contribution in [0.1, 0.15) is 35.1 Å². The summed E-state index contributed by atoms with van der Waals surface area (Å²) in [6.45, 7) is 7.10. The molecule has 1 N–H and O–H groups in total. The Morgan fingerprint density at radius 3 is 2.77 bits per heavy atom. The molecular weight excluding hydrogens is 274 g/mol. The molecule has 0 saturated carbocycles. The number of pyridine rings is 1. The first-order chi connectivity index (χ1) is 10.7. The normalized spacial score (nSPS) is 18.6. The highest BCUT2D eigenvalue weighted by Crippen LogP contribution is 2.27. The molecule has 0 bridgehead atoms. The Balaban J connectivity index is 1.69. The van der Waals surface area contributed by atoms with Crippen molar-refractivity contribution >= 4 is 5.82 Å². The van der Waals surface area contributed by atoms with Crippen molar-refractivity contribution in [3.05, 3.63) is 47.2 Å². The average Bonchev–Trinajstić information content (AvgIpc) is 2.95. The van der Waals surface area contributed by atoms with E-state index in [-0.39, 0.29) is 0 Å². The van der Waals surface area contributed by atoms with Crippen LogP contribution in [0.4, 0.5) is 5.82 Å². The summed E-state index contributed by atoms with van der Waals surface area (Å²) in [5.74, 6) is 2.40. The van der Waals surface area contributed by atoms with Gasteiger partial charge in [0.05, 0.1) is 0 Å². The fourth-order valence-electron chi connectivity index (χ4n) is 3.16. The van der Waals surface area contributed by atoms with Gasteiger partial charge in [0.25, 0.3) is 0 Å². The minimum Gasteiger partial charge on any atom is -0.373 e. The van der Waals surface area contributed by atoms with Crippen molar-refractivity contribution in [1.29, 1.82) is 0 Å². The minimum atomic E-state index is 0.438. The van der Waals surface area contributed by atoms with Gasteiger partial charge in [-0.15, -0.1) is 0 Å². The number of hydrogen-bond acceptors (Lipinski definition) is 5. The zero-order valence-electron chi connectivity index (χ0n) is 13.5. The Morgan fingerprint density at radius 2 is 2.05 bits per heavy atom. The van der Waals surface area contributed by atoms with Gasteiger partial charge in [0.2, 0.25) is 0 Å². The molecule has 116 valence electrons. The Bertz CT molecular complexity index is 635. The fraction of sp³-hybridized carbons (Fsp3) is 0.471. The molecule has 1 saturated heterocycles. The second-order valence-electron chi connectivity index (χ2n) is 5.99. The molecule has 0 aliphatic carbocycles. The molecule has 1 aliphatic heterocycles. The smallest absolute Gasteiger partial charge is 0.133 e. The van der Waals surface area contributed by atoms with E-state index >= 15 is 0 Å². The van der Waals surface area contributed by atoms with Gasteiger partial charge in [-0.1, -0.05) is 6.07 Å². The van der Waals surface area contributed by atoms with Crippen molar-refractivity contribution in [3.8, 4) is 0 Å². The third-order valence-corrected chi connectivity index (χ3v) is 4.16. The molecule has 5 heteroatoms. The third kappa shape index (κ3) is 3.25. The summed E-state index contributed by atoms with van der Waals surface area (Å²) in [6.07, 6.45) is 2.95. The predicted octanol–water partition coefficient (Wildman–Crippen LogP) is 2.52. The highest BCUT2D eigenvalue weighted by Gasteiger charge is 2.26. The SMILES string of the molecule is CNc1ncccc1CN1CC[C@@H](c2nc(C)cc(C)n2)C1. The Hall–Kier alpha value is -2.01. The zero-order chi connectivity index (χ0) is 15.5. The molecule has 2 aromatic heterocycles. The van der Waals surface area contributed by atoms with Crippen LogP contribution in [0.15, 0.2) is 24.4 Å². The Morgan fingerprint density at radius 1 is 1.27 bits per heavy atom. The average molecular weight is 297 g/mol. The largest absolute Gasteiger partial charge is 0.373 e. The van der Waals surface area contributed by atoms with E-state index in [9.17, 15) is 0 Å². The molecule has 1 aliphatic rings. The molecule has 0 aromatic carbocycles. The molecule has 3 rings (SSSR count). The number of nitrogens with zero attached hydrogens (tertiary/aromatic N) is 4. The van der Waals surface area contributed by atoms with Crippen LogP contribution in [0.5, 0.6) is 0 Å². The molecule has 0 spiro atoms. The maximum absolute atomic E-state index is 4.63. The van der Waals surface area contributed by atoms with Crippen LogP contribution in [-0.4, -0.2) is 40.0 Å². The molecule has 22 heavy (non-hydrogen) atoms. The molecule has 0 unspecified atom stereocenters. The van der Waals surface area contributed by atoms with Gasteiger partial charge in [0.1, 0.15) is 11.6 Å². The predicted molar refractivity (Wildman–Crippen MR) is 87.9 cm³/mol. The highest BCUT2D eigenvalue weighted by atomic mass is 15.2. The number of hydrogen-bond donors (Lipinski definition) is 1. The summed E-state index contributed by atoms with van der Waals surface area (Å²) < 4.78 is 0. The number of nitrogens with one attached hydrogen (secondary N) is 1. The lowest BCUT2D eigenvalue weighted by Gasteiger charge is -2.17. The van der Waals surface area contributed by atoms with Crippen molar-refractivity contribution in [1.82, 2.24) is 19.9 Å². The van der Waals surface area contributed by atoms with Gasteiger partial charge < -0.3 is 5.32 Å². The number of aryl methyl sites for hydroxylation is 2. The topological polar surface area (TPSA) is 53.9 Å². The summed E-state index contributed by atoms with van der Waals surface area (Å²) >= 11 is 0. The third-order valence-electron chi connectivity index (χ3n) is 4.16. The second-order valence-corrected chi connectivity index (χ2v) is 5.99. The van der Waals surface area contributed by atoms with Crippen LogP contribution in [-0.2, 0) is 6.54 Å². The summed E-state index contributed by atoms with van der Waals surface area (Å²) in [5, 5.41) is 3.16. The van der Waals surface area contributed by atoms with Crippen LogP contribution in [0.2, 0.25) is 0 Å². The summed E-state index contributed by atoms with van der Waals surface area (Å²) in [7, 11) is 1.92. The van der Waals surface area contributed by atoms with E-state index in [4.69, 9.17) is 0 Å². The molecule has 2 aromatic rings. The molecule has 5 nitrogen and oxygen atoms in total. The van der Waals surface area contributed by atoms with Gasteiger partial charge in [-0.3, -0.25) is 4.90 Å². The first-order valence-electron chi connectivity index (χ1n) is 7.82. The maximum Gasteiger partial charge on any atom is 0.133 e. The molecule has 3 heterocycles. The van der Waals surface area contributed by atoms with Crippen LogP contribution in [0.3, 0.4) is 0 Å². The van der Waals surface area contributed by atoms with Crippen LogP contribution in [0.25, 0.3) is 0 Å². The van der Waals surface area contributed by atoms with Crippen molar-refractivity contribution in [2.45, 2.75) is 32.7 Å². The van der Waals surface area contributed by atoms with Crippen LogP contribution in [0, 0.1) is 13.8 Å². The Labute approximate surface area is 131 Å². The van der Waals surface area contributed by atoms with E-state index in [2.05, 4.69) is 31.2 Å². The maximum atomic E-state index is 4.63. The minimum absolute atomic E-state index is 0.438.